The molecule has 0 aliphatic carbocycles. The molecule has 2 aromatic heterocycles. The maximum Gasteiger partial charge on any atom is 0.360 e. The lowest BCUT2D eigenvalue weighted by Crippen LogP contribution is -2.07. The van der Waals surface area contributed by atoms with E-state index >= 15 is 0 Å². The first-order valence-electron chi connectivity index (χ1n) is 6.81. The SMILES string of the molecule is COC(=O)c1nnn(CCCCCO)c1-c1ccncc1. The highest BCUT2D eigenvalue weighted by Gasteiger charge is 2.21. The fourth-order valence-corrected chi connectivity index (χ4v) is 2.05. The molecule has 0 saturated heterocycles. The van der Waals surface area contributed by atoms with E-state index < -0.39 is 5.97 Å². The first-order chi connectivity index (χ1) is 10.3. The van der Waals surface area contributed by atoms with Crippen LogP contribution in [0.2, 0.25) is 0 Å². The predicted octanol–water partition coefficient (Wildman–Crippen LogP) is 1.29. The number of carbonyl (C=O) groups excluding carboxylic acids is 1. The van der Waals surface area contributed by atoms with E-state index in [-0.39, 0.29) is 12.3 Å². The number of aromatic nitrogens is 4. The molecule has 1 N–H and O–H groups in total. The zero-order valence-corrected chi connectivity index (χ0v) is 11.9. The standard InChI is InChI=1S/C14H18N4O3/c1-21-14(20)12-13(11-5-7-15-8-6-11)18(17-16-12)9-3-2-4-10-19/h5-8,19H,2-4,9-10H2,1H3. The zero-order chi connectivity index (χ0) is 15.1. The molecule has 0 atom stereocenters. The van der Waals surface area contributed by atoms with Crippen LogP contribution in [0, 0.1) is 0 Å². The molecule has 0 radical (unpaired) electrons. The largest absolute Gasteiger partial charge is 0.464 e. The number of ether oxygens (including phenoxy) is 1. The smallest absolute Gasteiger partial charge is 0.360 e. The number of hydrogen-bond donors (Lipinski definition) is 1. The van der Waals surface area contributed by atoms with Gasteiger partial charge in [0.25, 0.3) is 0 Å². The molecule has 21 heavy (non-hydrogen) atoms. The summed E-state index contributed by atoms with van der Waals surface area (Å²) in [4.78, 5) is 15.8. The second kappa shape index (κ2) is 7.49. The number of carbonyl (C=O) groups is 1. The molecule has 2 aromatic rings. The average molecular weight is 290 g/mol. The third-order valence-corrected chi connectivity index (χ3v) is 3.10. The van der Waals surface area contributed by atoms with E-state index in [1.165, 1.54) is 7.11 Å². The molecule has 7 nitrogen and oxygen atoms in total. The Morgan fingerprint density at radius 3 is 2.71 bits per heavy atom. The zero-order valence-electron chi connectivity index (χ0n) is 11.9. The van der Waals surface area contributed by atoms with Gasteiger partial charge in [0.2, 0.25) is 0 Å². The van der Waals surface area contributed by atoms with Gasteiger partial charge in [0.15, 0.2) is 5.69 Å². The molecule has 0 spiro atoms. The fourth-order valence-electron chi connectivity index (χ4n) is 2.05. The Morgan fingerprint density at radius 2 is 2.05 bits per heavy atom. The van der Waals surface area contributed by atoms with E-state index in [1.54, 1.807) is 29.2 Å². The number of unbranched alkanes of at least 4 members (excludes halogenated alkanes) is 2. The summed E-state index contributed by atoms with van der Waals surface area (Å²) in [6, 6.07) is 3.60. The van der Waals surface area contributed by atoms with Crippen molar-refractivity contribution < 1.29 is 14.6 Å². The van der Waals surface area contributed by atoms with Crippen molar-refractivity contribution in [2.24, 2.45) is 0 Å². The average Bonchev–Trinajstić information content (AvgIpc) is 2.95. The van der Waals surface area contributed by atoms with Crippen LogP contribution in [0.1, 0.15) is 29.8 Å². The first-order valence-corrected chi connectivity index (χ1v) is 6.81. The molecule has 0 aromatic carbocycles. The van der Waals surface area contributed by atoms with Crippen molar-refractivity contribution in [1.29, 1.82) is 0 Å². The molecule has 0 bridgehead atoms. The van der Waals surface area contributed by atoms with Crippen molar-refractivity contribution in [3.63, 3.8) is 0 Å². The van der Waals surface area contributed by atoms with Crippen molar-refractivity contribution in [2.45, 2.75) is 25.8 Å². The molecule has 0 aliphatic heterocycles. The van der Waals surface area contributed by atoms with Crippen LogP contribution in [0.25, 0.3) is 11.3 Å². The van der Waals surface area contributed by atoms with Crippen molar-refractivity contribution in [3.05, 3.63) is 30.2 Å². The summed E-state index contributed by atoms with van der Waals surface area (Å²) in [5, 5.41) is 16.8. The highest BCUT2D eigenvalue weighted by atomic mass is 16.5. The molecule has 0 aliphatic rings. The number of nitrogens with zero attached hydrogens (tertiary/aromatic N) is 4. The molecular formula is C14H18N4O3. The number of hydrogen-bond acceptors (Lipinski definition) is 6. The van der Waals surface area contributed by atoms with Gasteiger partial charge in [-0.15, -0.1) is 5.10 Å². The number of methoxy groups -OCH3 is 1. The first kappa shape index (κ1) is 15.1. The van der Waals surface area contributed by atoms with Gasteiger partial charge in [-0.25, -0.2) is 9.48 Å². The van der Waals surface area contributed by atoms with Crippen LogP contribution in [-0.4, -0.2) is 44.8 Å². The van der Waals surface area contributed by atoms with E-state index in [9.17, 15) is 4.79 Å². The maximum atomic E-state index is 11.8. The molecule has 0 saturated carbocycles. The van der Waals surface area contributed by atoms with Crippen LogP contribution in [0.15, 0.2) is 24.5 Å². The number of pyridine rings is 1. The third kappa shape index (κ3) is 3.63. The minimum absolute atomic E-state index is 0.183. The maximum absolute atomic E-state index is 11.8. The van der Waals surface area contributed by atoms with E-state index in [0.717, 1.165) is 24.8 Å². The molecule has 112 valence electrons. The monoisotopic (exact) mass is 290 g/mol. The van der Waals surface area contributed by atoms with Gasteiger partial charge in [-0.1, -0.05) is 5.21 Å². The van der Waals surface area contributed by atoms with Crippen LogP contribution < -0.4 is 0 Å². The Morgan fingerprint density at radius 1 is 1.29 bits per heavy atom. The number of aliphatic hydroxyl groups is 1. The molecule has 0 fully saturated rings. The van der Waals surface area contributed by atoms with Crippen LogP contribution in [0.4, 0.5) is 0 Å². The van der Waals surface area contributed by atoms with Gasteiger partial charge in [-0.05, 0) is 31.4 Å². The van der Waals surface area contributed by atoms with Gasteiger partial charge < -0.3 is 9.84 Å². The van der Waals surface area contributed by atoms with Crippen molar-refractivity contribution in [2.75, 3.05) is 13.7 Å². The fraction of sp³-hybridized carbons (Fsp3) is 0.429. The molecule has 2 heterocycles. The normalized spacial score (nSPS) is 10.6. The van der Waals surface area contributed by atoms with Crippen molar-refractivity contribution >= 4 is 5.97 Å². The summed E-state index contributed by atoms with van der Waals surface area (Å²) in [5.41, 5.74) is 1.65. The minimum atomic E-state index is -0.511. The predicted molar refractivity (Wildman–Crippen MR) is 75.5 cm³/mol. The van der Waals surface area contributed by atoms with E-state index in [4.69, 9.17) is 9.84 Å². The van der Waals surface area contributed by atoms with E-state index in [0.29, 0.717) is 12.2 Å². The molecule has 7 heteroatoms. The number of esters is 1. The Balaban J connectivity index is 2.28. The Bertz CT molecular complexity index is 583. The summed E-state index contributed by atoms with van der Waals surface area (Å²) in [6.45, 7) is 0.809. The van der Waals surface area contributed by atoms with Gasteiger partial charge in [-0.2, -0.15) is 0 Å². The topological polar surface area (TPSA) is 90.1 Å². The lowest BCUT2D eigenvalue weighted by Gasteiger charge is -2.07. The molecule has 0 unspecified atom stereocenters. The summed E-state index contributed by atoms with van der Waals surface area (Å²) >= 11 is 0. The number of aryl methyl sites for hydroxylation is 1. The summed E-state index contributed by atoms with van der Waals surface area (Å²) in [6.07, 6.45) is 5.80. The van der Waals surface area contributed by atoms with E-state index in [2.05, 4.69) is 15.3 Å². The number of rotatable bonds is 7. The highest BCUT2D eigenvalue weighted by Crippen LogP contribution is 2.22. The second-order valence-electron chi connectivity index (χ2n) is 4.52. The van der Waals surface area contributed by atoms with Crippen molar-refractivity contribution in [1.82, 2.24) is 20.0 Å². The van der Waals surface area contributed by atoms with Gasteiger partial charge in [-0.3, -0.25) is 4.98 Å². The lowest BCUT2D eigenvalue weighted by molar-refractivity contribution is 0.0595. The second-order valence-corrected chi connectivity index (χ2v) is 4.52. The Labute approximate surface area is 122 Å². The third-order valence-electron chi connectivity index (χ3n) is 3.10. The highest BCUT2D eigenvalue weighted by molar-refractivity contribution is 5.93. The molecular weight excluding hydrogens is 272 g/mol. The van der Waals surface area contributed by atoms with Gasteiger partial charge in [0, 0.05) is 31.1 Å². The quantitative estimate of drug-likeness (QED) is 0.610. The summed E-state index contributed by atoms with van der Waals surface area (Å²) < 4.78 is 6.44. The number of aliphatic hydroxyl groups excluding tert-OH is 1. The van der Waals surface area contributed by atoms with Gasteiger partial charge >= 0.3 is 5.97 Å². The summed E-state index contributed by atoms with van der Waals surface area (Å²) in [7, 11) is 1.32. The van der Waals surface area contributed by atoms with Crippen molar-refractivity contribution in [3.8, 4) is 11.3 Å². The Hall–Kier alpha value is -2.28. The van der Waals surface area contributed by atoms with Crippen LogP contribution in [-0.2, 0) is 11.3 Å². The molecule has 0 amide bonds. The minimum Gasteiger partial charge on any atom is -0.464 e. The van der Waals surface area contributed by atoms with E-state index in [1.807, 2.05) is 0 Å². The van der Waals surface area contributed by atoms with Crippen LogP contribution >= 0.6 is 0 Å². The Kier molecular flexibility index (Phi) is 5.39. The van der Waals surface area contributed by atoms with Crippen LogP contribution in [0.5, 0.6) is 0 Å². The van der Waals surface area contributed by atoms with Gasteiger partial charge in [0.1, 0.15) is 5.69 Å². The van der Waals surface area contributed by atoms with Gasteiger partial charge in [0.05, 0.1) is 7.11 Å². The van der Waals surface area contributed by atoms with Crippen LogP contribution in [0.3, 0.4) is 0 Å². The lowest BCUT2D eigenvalue weighted by atomic mass is 10.1. The summed E-state index contributed by atoms with van der Waals surface area (Å²) in [5.74, 6) is -0.511. The molecule has 2 rings (SSSR count).